The molecule has 0 aromatic heterocycles. The zero-order chi connectivity index (χ0) is 17.4. The maximum atomic E-state index is 12.1. The Hall–Kier alpha value is -1.75. The van der Waals surface area contributed by atoms with Crippen LogP contribution < -0.4 is 10.6 Å². The average Bonchev–Trinajstić information content (AvgIpc) is 2.58. The molecule has 1 aliphatic carbocycles. The molecule has 6 heteroatoms. The molecule has 0 atom stereocenters. The third kappa shape index (κ3) is 5.71. The number of carbonyl (C=O) groups excluding carboxylic acids is 1. The number of amides is 1. The predicted molar refractivity (Wildman–Crippen MR) is 99.3 cm³/mol. The predicted octanol–water partition coefficient (Wildman–Crippen LogP) is 2.80. The van der Waals surface area contributed by atoms with Crippen molar-refractivity contribution < 1.29 is 4.79 Å². The summed E-state index contributed by atoms with van der Waals surface area (Å²) in [5.74, 6) is 0.697. The first-order valence-corrected chi connectivity index (χ1v) is 8.92. The molecule has 0 bridgehead atoms. The maximum Gasteiger partial charge on any atom is 0.239 e. The molecule has 0 heterocycles. The van der Waals surface area contributed by atoms with Crippen LogP contribution in [-0.4, -0.2) is 43.4 Å². The minimum atomic E-state index is 0.0224. The van der Waals surface area contributed by atoms with Crippen LogP contribution in [0.2, 0.25) is 5.02 Å². The fourth-order valence-electron chi connectivity index (χ4n) is 3.03. The Kier molecular flexibility index (Phi) is 7.37. The van der Waals surface area contributed by atoms with Crippen LogP contribution in [0.25, 0.3) is 0 Å². The molecule has 1 amide bonds. The van der Waals surface area contributed by atoms with Gasteiger partial charge in [0.2, 0.25) is 5.91 Å². The summed E-state index contributed by atoms with van der Waals surface area (Å²) in [5, 5.41) is 6.95. The molecule has 0 radical (unpaired) electrons. The summed E-state index contributed by atoms with van der Waals surface area (Å²) in [7, 11) is 3.64. The third-order valence-electron chi connectivity index (χ3n) is 4.32. The van der Waals surface area contributed by atoms with Crippen molar-refractivity contribution in [2.24, 2.45) is 4.99 Å². The van der Waals surface area contributed by atoms with E-state index in [0.717, 1.165) is 23.4 Å². The largest absolute Gasteiger partial charge is 0.352 e. The lowest BCUT2D eigenvalue weighted by Crippen LogP contribution is -2.46. The van der Waals surface area contributed by atoms with E-state index in [0.29, 0.717) is 18.5 Å². The molecule has 1 aliphatic rings. The first kappa shape index (κ1) is 18.6. The van der Waals surface area contributed by atoms with Gasteiger partial charge in [-0.25, -0.2) is 0 Å². The Morgan fingerprint density at radius 3 is 2.67 bits per heavy atom. The van der Waals surface area contributed by atoms with Gasteiger partial charge in [-0.15, -0.1) is 0 Å². The zero-order valence-corrected chi connectivity index (χ0v) is 15.3. The monoisotopic (exact) mass is 350 g/mol. The highest BCUT2D eigenvalue weighted by molar-refractivity contribution is 6.31. The molecular formula is C18H27ClN4O. The molecule has 0 unspecified atom stereocenters. The van der Waals surface area contributed by atoms with Gasteiger partial charge >= 0.3 is 0 Å². The van der Waals surface area contributed by atoms with Crippen LogP contribution in [0.5, 0.6) is 0 Å². The lowest BCUT2D eigenvalue weighted by Gasteiger charge is -2.25. The number of aliphatic imine (C=N–C) groups is 1. The van der Waals surface area contributed by atoms with E-state index in [4.69, 9.17) is 11.6 Å². The Bertz CT molecular complexity index is 570. The van der Waals surface area contributed by atoms with Crippen LogP contribution in [0, 0.1) is 0 Å². The van der Waals surface area contributed by atoms with Gasteiger partial charge in [0, 0.05) is 31.7 Å². The number of guanidine groups is 1. The molecular weight excluding hydrogens is 324 g/mol. The Balaban J connectivity index is 1.80. The first-order chi connectivity index (χ1) is 11.6. The molecule has 2 rings (SSSR count). The van der Waals surface area contributed by atoms with E-state index in [1.165, 1.54) is 19.3 Å². The summed E-state index contributed by atoms with van der Waals surface area (Å²) < 4.78 is 0. The Labute approximate surface area is 149 Å². The second-order valence-corrected chi connectivity index (χ2v) is 6.66. The molecule has 0 spiro atoms. The van der Waals surface area contributed by atoms with E-state index in [2.05, 4.69) is 15.6 Å². The SMILES string of the molecule is CN=C(NCC(=O)NC1CCCCC1)N(C)Cc1ccccc1Cl. The second-order valence-electron chi connectivity index (χ2n) is 6.25. The average molecular weight is 351 g/mol. The van der Waals surface area contributed by atoms with Gasteiger partial charge in [-0.2, -0.15) is 0 Å². The number of halogens is 1. The summed E-state index contributed by atoms with van der Waals surface area (Å²) in [4.78, 5) is 18.3. The van der Waals surface area contributed by atoms with Crippen molar-refractivity contribution in [2.75, 3.05) is 20.6 Å². The number of nitrogens with zero attached hydrogens (tertiary/aromatic N) is 2. The van der Waals surface area contributed by atoms with E-state index in [1.807, 2.05) is 36.2 Å². The van der Waals surface area contributed by atoms with Crippen molar-refractivity contribution >= 4 is 23.5 Å². The van der Waals surface area contributed by atoms with E-state index < -0.39 is 0 Å². The molecule has 5 nitrogen and oxygen atoms in total. The number of hydrogen-bond donors (Lipinski definition) is 2. The number of hydrogen-bond acceptors (Lipinski definition) is 2. The molecule has 132 valence electrons. The van der Waals surface area contributed by atoms with Gasteiger partial charge in [0.1, 0.15) is 0 Å². The van der Waals surface area contributed by atoms with Gasteiger partial charge in [0.25, 0.3) is 0 Å². The van der Waals surface area contributed by atoms with Crippen molar-refractivity contribution in [3.63, 3.8) is 0 Å². The van der Waals surface area contributed by atoms with E-state index in [-0.39, 0.29) is 12.5 Å². The van der Waals surface area contributed by atoms with Crippen LogP contribution in [0.15, 0.2) is 29.3 Å². The fraction of sp³-hybridized carbons (Fsp3) is 0.556. The van der Waals surface area contributed by atoms with Crippen molar-refractivity contribution in [3.8, 4) is 0 Å². The van der Waals surface area contributed by atoms with Gasteiger partial charge < -0.3 is 15.5 Å². The zero-order valence-electron chi connectivity index (χ0n) is 14.5. The first-order valence-electron chi connectivity index (χ1n) is 8.54. The highest BCUT2D eigenvalue weighted by Gasteiger charge is 2.16. The van der Waals surface area contributed by atoms with E-state index in [1.54, 1.807) is 7.05 Å². The van der Waals surface area contributed by atoms with Gasteiger partial charge in [-0.05, 0) is 24.5 Å². The Morgan fingerprint density at radius 1 is 1.29 bits per heavy atom. The third-order valence-corrected chi connectivity index (χ3v) is 4.68. The van der Waals surface area contributed by atoms with E-state index in [9.17, 15) is 4.79 Å². The quantitative estimate of drug-likeness (QED) is 0.634. The molecule has 0 aliphatic heterocycles. The summed E-state index contributed by atoms with van der Waals surface area (Å²) in [6.45, 7) is 0.861. The summed E-state index contributed by atoms with van der Waals surface area (Å²) in [5.41, 5.74) is 1.02. The summed E-state index contributed by atoms with van der Waals surface area (Å²) in [6.07, 6.45) is 5.88. The highest BCUT2D eigenvalue weighted by atomic mass is 35.5. The molecule has 0 saturated heterocycles. The molecule has 1 aromatic carbocycles. The minimum absolute atomic E-state index is 0.0224. The Morgan fingerprint density at radius 2 is 2.00 bits per heavy atom. The summed E-state index contributed by atoms with van der Waals surface area (Å²) in [6, 6.07) is 8.06. The lowest BCUT2D eigenvalue weighted by molar-refractivity contribution is -0.120. The van der Waals surface area contributed by atoms with Crippen molar-refractivity contribution in [1.29, 1.82) is 0 Å². The fourth-order valence-corrected chi connectivity index (χ4v) is 3.22. The number of rotatable bonds is 5. The minimum Gasteiger partial charge on any atom is -0.352 e. The maximum absolute atomic E-state index is 12.1. The number of nitrogens with one attached hydrogen (secondary N) is 2. The molecule has 1 fully saturated rings. The normalized spacial score (nSPS) is 15.9. The molecule has 1 saturated carbocycles. The molecule has 1 aromatic rings. The van der Waals surface area contributed by atoms with E-state index >= 15 is 0 Å². The van der Waals surface area contributed by atoms with Gasteiger partial charge in [0.15, 0.2) is 5.96 Å². The number of carbonyl (C=O) groups is 1. The van der Waals surface area contributed by atoms with Gasteiger partial charge in [-0.3, -0.25) is 9.79 Å². The van der Waals surface area contributed by atoms with Crippen molar-refractivity contribution in [1.82, 2.24) is 15.5 Å². The van der Waals surface area contributed by atoms with Crippen molar-refractivity contribution in [2.45, 2.75) is 44.7 Å². The van der Waals surface area contributed by atoms with Gasteiger partial charge in [0.05, 0.1) is 6.54 Å². The van der Waals surface area contributed by atoms with Gasteiger partial charge in [-0.1, -0.05) is 49.1 Å². The second kappa shape index (κ2) is 9.52. The molecule has 2 N–H and O–H groups in total. The van der Waals surface area contributed by atoms with Crippen LogP contribution in [0.3, 0.4) is 0 Å². The van der Waals surface area contributed by atoms with Crippen molar-refractivity contribution in [3.05, 3.63) is 34.9 Å². The molecule has 24 heavy (non-hydrogen) atoms. The summed E-state index contributed by atoms with van der Waals surface area (Å²) >= 11 is 6.20. The lowest BCUT2D eigenvalue weighted by atomic mass is 9.95. The van der Waals surface area contributed by atoms with Crippen LogP contribution >= 0.6 is 11.6 Å². The highest BCUT2D eigenvalue weighted by Crippen LogP contribution is 2.17. The van der Waals surface area contributed by atoms with Crippen LogP contribution in [0.4, 0.5) is 0 Å². The number of benzene rings is 1. The van der Waals surface area contributed by atoms with Crippen LogP contribution in [0.1, 0.15) is 37.7 Å². The standard InChI is InChI=1S/C18H27ClN4O/c1-20-18(23(2)13-14-8-6-7-11-16(14)19)21-12-17(24)22-15-9-4-3-5-10-15/h6-8,11,15H,3-5,9-10,12-13H2,1-2H3,(H,20,21)(H,22,24). The van der Waals surface area contributed by atoms with Crippen LogP contribution in [-0.2, 0) is 11.3 Å². The topological polar surface area (TPSA) is 56.7 Å². The smallest absolute Gasteiger partial charge is 0.239 e.